The summed E-state index contributed by atoms with van der Waals surface area (Å²) < 4.78 is 5.26. The van der Waals surface area contributed by atoms with E-state index in [2.05, 4.69) is 4.98 Å². The van der Waals surface area contributed by atoms with E-state index < -0.39 is 5.97 Å². The Morgan fingerprint density at radius 3 is 2.82 bits per heavy atom. The maximum absolute atomic E-state index is 12.5. The third-order valence-electron chi connectivity index (χ3n) is 2.92. The number of furan rings is 1. The molecule has 118 valence electrons. The summed E-state index contributed by atoms with van der Waals surface area (Å²) in [6.45, 7) is 4.68. The van der Waals surface area contributed by atoms with E-state index >= 15 is 0 Å². The first-order chi connectivity index (χ1) is 10.5. The summed E-state index contributed by atoms with van der Waals surface area (Å²) in [4.78, 5) is 29.5. The monoisotopic (exact) mass is 322 g/mol. The van der Waals surface area contributed by atoms with Crippen LogP contribution in [0.2, 0.25) is 0 Å². The number of carbonyl (C=O) groups is 2. The van der Waals surface area contributed by atoms with Crippen molar-refractivity contribution in [2.24, 2.45) is 5.92 Å². The molecule has 2 heterocycles. The number of carboxylic acids is 1. The predicted octanol–water partition coefficient (Wildman–Crippen LogP) is 2.98. The number of hydrogen-bond donors (Lipinski definition) is 1. The van der Waals surface area contributed by atoms with E-state index in [-0.39, 0.29) is 24.8 Å². The highest BCUT2D eigenvalue weighted by Crippen LogP contribution is 2.26. The first-order valence-electron chi connectivity index (χ1n) is 6.98. The maximum Gasteiger partial charge on any atom is 0.305 e. The van der Waals surface area contributed by atoms with Gasteiger partial charge in [-0.05, 0) is 18.1 Å². The molecule has 2 aromatic heterocycles. The van der Waals surface area contributed by atoms with Crippen LogP contribution in [0.4, 0.5) is 0 Å². The van der Waals surface area contributed by atoms with E-state index in [4.69, 9.17) is 9.52 Å². The highest BCUT2D eigenvalue weighted by Gasteiger charge is 2.21. The average Bonchev–Trinajstić information content (AvgIpc) is 3.11. The summed E-state index contributed by atoms with van der Waals surface area (Å²) in [5, 5.41) is 9.45. The molecule has 22 heavy (non-hydrogen) atoms. The fraction of sp³-hybridized carbons (Fsp3) is 0.400. The van der Waals surface area contributed by atoms with Crippen molar-refractivity contribution in [1.29, 1.82) is 0 Å². The van der Waals surface area contributed by atoms with Crippen molar-refractivity contribution < 1.29 is 19.1 Å². The van der Waals surface area contributed by atoms with Crippen LogP contribution in [-0.2, 0) is 4.79 Å². The second kappa shape index (κ2) is 7.22. The van der Waals surface area contributed by atoms with Gasteiger partial charge in [-0.15, -0.1) is 11.3 Å². The number of aliphatic carboxylic acids is 1. The molecule has 2 aromatic rings. The number of nitrogens with zero attached hydrogens (tertiary/aromatic N) is 2. The summed E-state index contributed by atoms with van der Waals surface area (Å²) in [6, 6.07) is 3.54. The fourth-order valence-corrected chi connectivity index (χ4v) is 2.84. The lowest BCUT2D eigenvalue weighted by Crippen LogP contribution is -2.35. The summed E-state index contributed by atoms with van der Waals surface area (Å²) in [7, 11) is 0. The summed E-state index contributed by atoms with van der Waals surface area (Å²) >= 11 is 1.24. The van der Waals surface area contributed by atoms with Gasteiger partial charge in [-0.3, -0.25) is 9.59 Å². The van der Waals surface area contributed by atoms with Gasteiger partial charge in [0.05, 0.1) is 18.9 Å². The molecule has 1 N–H and O–H groups in total. The lowest BCUT2D eigenvalue weighted by molar-refractivity contribution is -0.137. The van der Waals surface area contributed by atoms with Crippen molar-refractivity contribution in [3.05, 3.63) is 29.5 Å². The zero-order valence-corrected chi connectivity index (χ0v) is 13.3. The Labute approximate surface area is 132 Å². The Morgan fingerprint density at radius 1 is 1.45 bits per heavy atom. The minimum atomic E-state index is -0.915. The van der Waals surface area contributed by atoms with Crippen molar-refractivity contribution in [2.75, 3.05) is 13.1 Å². The van der Waals surface area contributed by atoms with Crippen molar-refractivity contribution in [3.8, 4) is 10.8 Å². The highest BCUT2D eigenvalue weighted by molar-refractivity contribution is 7.16. The normalized spacial score (nSPS) is 10.9. The first kappa shape index (κ1) is 16.2. The minimum absolute atomic E-state index is 0.0672. The van der Waals surface area contributed by atoms with Crippen LogP contribution >= 0.6 is 11.3 Å². The largest absolute Gasteiger partial charge is 0.481 e. The molecule has 0 saturated heterocycles. The van der Waals surface area contributed by atoms with Crippen LogP contribution in [0.5, 0.6) is 0 Å². The van der Waals surface area contributed by atoms with E-state index in [0.717, 1.165) is 0 Å². The predicted molar refractivity (Wildman–Crippen MR) is 82.8 cm³/mol. The molecule has 0 aliphatic carbocycles. The first-order valence-corrected chi connectivity index (χ1v) is 7.79. The second-order valence-corrected chi connectivity index (χ2v) is 6.33. The third kappa shape index (κ3) is 4.17. The Hall–Kier alpha value is -2.15. The van der Waals surface area contributed by atoms with Gasteiger partial charge in [0.25, 0.3) is 5.91 Å². The molecular formula is C15H18N2O4S. The van der Waals surface area contributed by atoms with Gasteiger partial charge in [-0.1, -0.05) is 13.8 Å². The van der Waals surface area contributed by atoms with Crippen LogP contribution in [0.25, 0.3) is 10.8 Å². The number of carboxylic acid groups (broad SMARTS) is 1. The Kier molecular flexibility index (Phi) is 5.32. The van der Waals surface area contributed by atoms with Gasteiger partial charge in [0.1, 0.15) is 4.88 Å². The number of amides is 1. The van der Waals surface area contributed by atoms with Gasteiger partial charge in [0.2, 0.25) is 0 Å². The number of rotatable bonds is 7. The molecule has 0 unspecified atom stereocenters. The van der Waals surface area contributed by atoms with Gasteiger partial charge < -0.3 is 14.4 Å². The Balaban J connectivity index is 2.13. The molecule has 1 amide bonds. The van der Waals surface area contributed by atoms with Gasteiger partial charge in [-0.2, -0.15) is 0 Å². The highest BCUT2D eigenvalue weighted by atomic mass is 32.1. The molecule has 0 aliphatic heterocycles. The molecule has 0 atom stereocenters. The zero-order valence-electron chi connectivity index (χ0n) is 12.5. The quantitative estimate of drug-likeness (QED) is 0.847. The van der Waals surface area contributed by atoms with Crippen molar-refractivity contribution >= 4 is 23.2 Å². The van der Waals surface area contributed by atoms with Crippen molar-refractivity contribution in [1.82, 2.24) is 9.88 Å². The number of hydrogen-bond acceptors (Lipinski definition) is 5. The van der Waals surface area contributed by atoms with Crippen LogP contribution in [0.3, 0.4) is 0 Å². The van der Waals surface area contributed by atoms with Crippen LogP contribution in [-0.4, -0.2) is 40.0 Å². The molecule has 0 radical (unpaired) electrons. The van der Waals surface area contributed by atoms with Crippen LogP contribution in [0.1, 0.15) is 29.9 Å². The molecule has 6 nitrogen and oxygen atoms in total. The molecule has 0 saturated carbocycles. The molecule has 2 rings (SSSR count). The zero-order chi connectivity index (χ0) is 16.1. The summed E-state index contributed by atoms with van der Waals surface area (Å²) in [6.07, 6.45) is 3.00. The number of carbonyl (C=O) groups excluding carboxylic acids is 1. The van der Waals surface area contributed by atoms with Crippen molar-refractivity contribution in [3.63, 3.8) is 0 Å². The molecule has 0 aliphatic rings. The number of aromatic nitrogens is 1. The topological polar surface area (TPSA) is 83.6 Å². The average molecular weight is 322 g/mol. The summed E-state index contributed by atoms with van der Waals surface area (Å²) in [5.41, 5.74) is 0. The van der Waals surface area contributed by atoms with E-state index in [1.807, 2.05) is 13.8 Å². The van der Waals surface area contributed by atoms with Crippen LogP contribution in [0, 0.1) is 5.92 Å². The van der Waals surface area contributed by atoms with E-state index in [1.165, 1.54) is 17.5 Å². The smallest absolute Gasteiger partial charge is 0.305 e. The van der Waals surface area contributed by atoms with Gasteiger partial charge in [0, 0.05) is 13.1 Å². The molecule has 0 spiro atoms. The van der Waals surface area contributed by atoms with E-state index in [9.17, 15) is 9.59 Å². The molecular weight excluding hydrogens is 304 g/mol. The lowest BCUT2D eigenvalue weighted by Gasteiger charge is -2.23. The fourth-order valence-electron chi connectivity index (χ4n) is 1.99. The molecule has 0 bridgehead atoms. The van der Waals surface area contributed by atoms with Crippen LogP contribution in [0.15, 0.2) is 29.0 Å². The Morgan fingerprint density at radius 2 is 2.23 bits per heavy atom. The van der Waals surface area contributed by atoms with Crippen LogP contribution < -0.4 is 0 Å². The third-order valence-corrected chi connectivity index (χ3v) is 3.92. The molecule has 7 heteroatoms. The maximum atomic E-state index is 12.5. The molecule has 0 fully saturated rings. The second-order valence-electron chi connectivity index (χ2n) is 5.30. The summed E-state index contributed by atoms with van der Waals surface area (Å²) in [5.74, 6) is -0.229. The minimum Gasteiger partial charge on any atom is -0.481 e. The molecule has 0 aromatic carbocycles. The van der Waals surface area contributed by atoms with E-state index in [0.29, 0.717) is 22.2 Å². The van der Waals surface area contributed by atoms with Gasteiger partial charge in [-0.25, -0.2) is 4.98 Å². The van der Waals surface area contributed by atoms with Crippen molar-refractivity contribution in [2.45, 2.75) is 20.3 Å². The van der Waals surface area contributed by atoms with Gasteiger partial charge >= 0.3 is 5.97 Å². The number of thiazole rings is 1. The lowest BCUT2D eigenvalue weighted by atomic mass is 10.2. The SMILES string of the molecule is CC(C)CN(CCC(=O)O)C(=O)c1cnc(-c2ccco2)s1. The Bertz CT molecular complexity index is 634. The van der Waals surface area contributed by atoms with Gasteiger partial charge in [0.15, 0.2) is 10.8 Å². The standard InChI is InChI=1S/C15H18N2O4S/c1-10(2)9-17(6-5-13(18)19)15(20)12-8-16-14(22-12)11-4-3-7-21-11/h3-4,7-8,10H,5-6,9H2,1-2H3,(H,18,19). The van der Waals surface area contributed by atoms with E-state index in [1.54, 1.807) is 23.3 Å².